The Balaban J connectivity index is 1.98. The fraction of sp³-hybridized carbons (Fsp3) is 0.500. The fourth-order valence-electron chi connectivity index (χ4n) is 1.87. The average molecular weight is 228 g/mol. The molecule has 1 aliphatic carbocycles. The van der Waals surface area contributed by atoms with Crippen LogP contribution in [0.3, 0.4) is 0 Å². The predicted molar refractivity (Wildman–Crippen MR) is 59.4 cm³/mol. The lowest BCUT2D eigenvalue weighted by Crippen LogP contribution is -2.22. The van der Waals surface area contributed by atoms with E-state index in [2.05, 4.69) is 0 Å². The SMILES string of the molecule is Fc1ccc(S[C@@H]2CCCC[C@H]2F)cc1. The van der Waals surface area contributed by atoms with Gasteiger partial charge in [-0.3, -0.25) is 0 Å². The molecule has 15 heavy (non-hydrogen) atoms. The van der Waals surface area contributed by atoms with Gasteiger partial charge in [0.25, 0.3) is 0 Å². The molecule has 0 aromatic heterocycles. The first-order valence-electron chi connectivity index (χ1n) is 5.32. The van der Waals surface area contributed by atoms with Gasteiger partial charge in [-0.05, 0) is 37.1 Å². The van der Waals surface area contributed by atoms with Gasteiger partial charge in [0.15, 0.2) is 0 Å². The number of rotatable bonds is 2. The van der Waals surface area contributed by atoms with Crippen LogP contribution in [-0.2, 0) is 0 Å². The topological polar surface area (TPSA) is 0 Å². The summed E-state index contributed by atoms with van der Waals surface area (Å²) in [6.45, 7) is 0. The van der Waals surface area contributed by atoms with Gasteiger partial charge in [0, 0.05) is 10.1 Å². The average Bonchev–Trinajstić information content (AvgIpc) is 2.25. The molecule has 0 aliphatic heterocycles. The number of halogens is 2. The van der Waals surface area contributed by atoms with Crippen molar-refractivity contribution < 1.29 is 8.78 Å². The molecular formula is C12H14F2S. The van der Waals surface area contributed by atoms with Crippen LogP contribution >= 0.6 is 11.8 Å². The lowest BCUT2D eigenvalue weighted by atomic mass is 9.98. The first-order valence-corrected chi connectivity index (χ1v) is 6.20. The van der Waals surface area contributed by atoms with Crippen LogP contribution in [0.1, 0.15) is 25.7 Å². The number of alkyl halides is 1. The van der Waals surface area contributed by atoms with Gasteiger partial charge in [0.1, 0.15) is 12.0 Å². The van der Waals surface area contributed by atoms with Crippen LogP contribution in [0.4, 0.5) is 8.78 Å². The smallest absolute Gasteiger partial charge is 0.123 e. The van der Waals surface area contributed by atoms with E-state index in [1.165, 1.54) is 23.9 Å². The monoisotopic (exact) mass is 228 g/mol. The van der Waals surface area contributed by atoms with Crippen molar-refractivity contribution in [1.82, 2.24) is 0 Å². The Bertz CT molecular complexity index is 310. The molecule has 1 aromatic rings. The maximum absolute atomic E-state index is 13.5. The summed E-state index contributed by atoms with van der Waals surface area (Å²) in [5, 5.41) is 0.0595. The van der Waals surface area contributed by atoms with Gasteiger partial charge in [0.05, 0.1) is 0 Å². The van der Waals surface area contributed by atoms with E-state index in [4.69, 9.17) is 0 Å². The van der Waals surface area contributed by atoms with Gasteiger partial charge in [-0.2, -0.15) is 0 Å². The lowest BCUT2D eigenvalue weighted by Gasteiger charge is -2.25. The van der Waals surface area contributed by atoms with Crippen LogP contribution in [0.2, 0.25) is 0 Å². The highest BCUT2D eigenvalue weighted by atomic mass is 32.2. The zero-order chi connectivity index (χ0) is 10.7. The second-order valence-electron chi connectivity index (χ2n) is 3.91. The maximum atomic E-state index is 13.5. The van der Waals surface area contributed by atoms with Crippen LogP contribution in [0.25, 0.3) is 0 Å². The highest BCUT2D eigenvalue weighted by molar-refractivity contribution is 8.00. The normalized spacial score (nSPS) is 26.5. The third-order valence-electron chi connectivity index (χ3n) is 2.72. The third kappa shape index (κ3) is 2.94. The molecule has 1 saturated carbocycles. The van der Waals surface area contributed by atoms with Gasteiger partial charge in [0.2, 0.25) is 0 Å². The van der Waals surface area contributed by atoms with E-state index in [9.17, 15) is 8.78 Å². The first-order chi connectivity index (χ1) is 7.25. The summed E-state index contributed by atoms with van der Waals surface area (Å²) in [7, 11) is 0. The third-order valence-corrected chi connectivity index (χ3v) is 4.10. The van der Waals surface area contributed by atoms with Gasteiger partial charge in [-0.15, -0.1) is 11.8 Å². The van der Waals surface area contributed by atoms with E-state index >= 15 is 0 Å². The van der Waals surface area contributed by atoms with Crippen molar-refractivity contribution in [3.8, 4) is 0 Å². The molecule has 0 nitrogen and oxygen atoms in total. The summed E-state index contributed by atoms with van der Waals surface area (Å²) in [4.78, 5) is 0.964. The minimum atomic E-state index is -0.700. The van der Waals surface area contributed by atoms with E-state index in [0.717, 1.165) is 24.2 Å². The number of thioether (sulfide) groups is 1. The molecule has 0 N–H and O–H groups in total. The molecule has 1 aliphatic rings. The van der Waals surface area contributed by atoms with Crippen molar-refractivity contribution in [3.63, 3.8) is 0 Å². The molecular weight excluding hydrogens is 214 g/mol. The summed E-state index contributed by atoms with van der Waals surface area (Å²) in [6.07, 6.45) is 3.03. The summed E-state index contributed by atoms with van der Waals surface area (Å²) in [5.41, 5.74) is 0. The van der Waals surface area contributed by atoms with Gasteiger partial charge >= 0.3 is 0 Å². The molecule has 2 rings (SSSR count). The largest absolute Gasteiger partial charge is 0.246 e. The van der Waals surface area contributed by atoms with Crippen LogP contribution in [0.5, 0.6) is 0 Å². The van der Waals surface area contributed by atoms with Crippen molar-refractivity contribution in [2.75, 3.05) is 0 Å². The Kier molecular flexibility index (Phi) is 3.62. The number of hydrogen-bond donors (Lipinski definition) is 0. The molecule has 1 fully saturated rings. The number of hydrogen-bond acceptors (Lipinski definition) is 1. The molecule has 0 heterocycles. The van der Waals surface area contributed by atoms with E-state index in [1.807, 2.05) is 0 Å². The van der Waals surface area contributed by atoms with Crippen molar-refractivity contribution in [2.45, 2.75) is 42.0 Å². The highest BCUT2D eigenvalue weighted by Gasteiger charge is 2.25. The summed E-state index contributed by atoms with van der Waals surface area (Å²) >= 11 is 1.54. The fourth-order valence-corrected chi connectivity index (χ4v) is 3.08. The Hall–Kier alpha value is -0.570. The summed E-state index contributed by atoms with van der Waals surface area (Å²) < 4.78 is 26.2. The van der Waals surface area contributed by atoms with E-state index in [0.29, 0.717) is 6.42 Å². The summed E-state index contributed by atoms with van der Waals surface area (Å²) in [5.74, 6) is -0.236. The van der Waals surface area contributed by atoms with Crippen molar-refractivity contribution in [3.05, 3.63) is 30.1 Å². The molecule has 1 aromatic carbocycles. The molecule has 82 valence electrons. The molecule has 0 amide bonds. The standard InChI is InChI=1S/C12H14F2S/c13-9-5-7-10(8-6-9)15-12-4-2-1-3-11(12)14/h5-8,11-12H,1-4H2/t11-,12-/m1/s1. The molecule has 3 heteroatoms. The summed E-state index contributed by atoms with van der Waals surface area (Å²) in [6, 6.07) is 6.31. The zero-order valence-electron chi connectivity index (χ0n) is 8.46. The van der Waals surface area contributed by atoms with E-state index < -0.39 is 6.17 Å². The number of benzene rings is 1. The maximum Gasteiger partial charge on any atom is 0.123 e. The lowest BCUT2D eigenvalue weighted by molar-refractivity contribution is 0.260. The second kappa shape index (κ2) is 4.97. The predicted octanol–water partition coefficient (Wildman–Crippen LogP) is 4.20. The van der Waals surface area contributed by atoms with Crippen molar-refractivity contribution >= 4 is 11.8 Å². The van der Waals surface area contributed by atoms with Crippen LogP contribution < -0.4 is 0 Å². The van der Waals surface area contributed by atoms with E-state index in [-0.39, 0.29) is 11.1 Å². The minimum absolute atomic E-state index is 0.0595. The molecule has 0 saturated heterocycles. The molecule has 2 atom stereocenters. The Morgan fingerprint density at radius 2 is 1.73 bits per heavy atom. The first kappa shape index (κ1) is 10.9. The zero-order valence-corrected chi connectivity index (χ0v) is 9.27. The van der Waals surface area contributed by atoms with Gasteiger partial charge < -0.3 is 0 Å². The minimum Gasteiger partial charge on any atom is -0.246 e. The van der Waals surface area contributed by atoms with Crippen molar-refractivity contribution in [2.24, 2.45) is 0 Å². The Morgan fingerprint density at radius 3 is 2.40 bits per heavy atom. The Morgan fingerprint density at radius 1 is 1.07 bits per heavy atom. The highest BCUT2D eigenvalue weighted by Crippen LogP contribution is 2.35. The van der Waals surface area contributed by atoms with Crippen LogP contribution in [0, 0.1) is 5.82 Å². The molecule has 0 radical (unpaired) electrons. The second-order valence-corrected chi connectivity index (χ2v) is 5.22. The van der Waals surface area contributed by atoms with Crippen LogP contribution in [-0.4, -0.2) is 11.4 Å². The van der Waals surface area contributed by atoms with Gasteiger partial charge in [-0.1, -0.05) is 12.8 Å². The Labute approximate surface area is 93.1 Å². The molecule has 0 unspecified atom stereocenters. The van der Waals surface area contributed by atoms with Crippen molar-refractivity contribution in [1.29, 1.82) is 0 Å². The molecule has 0 spiro atoms. The molecule has 0 bridgehead atoms. The quantitative estimate of drug-likeness (QED) is 0.731. The van der Waals surface area contributed by atoms with Gasteiger partial charge in [-0.25, -0.2) is 8.78 Å². The van der Waals surface area contributed by atoms with E-state index in [1.54, 1.807) is 12.1 Å². The van der Waals surface area contributed by atoms with Crippen LogP contribution in [0.15, 0.2) is 29.2 Å².